The van der Waals surface area contributed by atoms with Crippen molar-refractivity contribution in [3.63, 3.8) is 0 Å². The SMILES string of the molecule is COc1c(F)cc(-c2c(C)nc(C(O)C(N)=O)nc2C)cc1N1CC[C@H](C(=O)N=C(N)c2ccc(C(F)(F)F)nc2C2CC2)CC1C. The number of primary amides is 1. The van der Waals surface area contributed by atoms with Crippen molar-refractivity contribution in [2.45, 2.75) is 70.7 Å². The Morgan fingerprint density at radius 3 is 2.30 bits per heavy atom. The first kappa shape index (κ1) is 33.7. The second-order valence-corrected chi connectivity index (χ2v) is 11.9. The molecular weight excluding hydrogens is 622 g/mol. The number of benzene rings is 1. The highest BCUT2D eigenvalue weighted by Gasteiger charge is 2.37. The van der Waals surface area contributed by atoms with Crippen LogP contribution in [0.2, 0.25) is 0 Å². The fourth-order valence-electron chi connectivity index (χ4n) is 6.09. The van der Waals surface area contributed by atoms with Gasteiger partial charge in [-0.25, -0.2) is 19.3 Å². The van der Waals surface area contributed by atoms with E-state index in [9.17, 15) is 27.9 Å². The maximum atomic E-state index is 15.5. The predicted molar refractivity (Wildman–Crippen MR) is 164 cm³/mol. The van der Waals surface area contributed by atoms with E-state index in [4.69, 9.17) is 16.2 Å². The van der Waals surface area contributed by atoms with Gasteiger partial charge in [0.05, 0.1) is 18.5 Å². The number of nitrogens with two attached hydrogens (primary N) is 2. The monoisotopic (exact) mass is 657 g/mol. The number of amidine groups is 1. The van der Waals surface area contributed by atoms with Crippen molar-refractivity contribution in [1.29, 1.82) is 0 Å². The summed E-state index contributed by atoms with van der Waals surface area (Å²) in [7, 11) is 1.35. The summed E-state index contributed by atoms with van der Waals surface area (Å²) in [5.74, 6) is -3.16. The molecular formula is C32H35F4N7O4. The third kappa shape index (κ3) is 6.89. The molecule has 3 atom stereocenters. The lowest BCUT2D eigenvalue weighted by Gasteiger charge is -2.39. The summed E-state index contributed by atoms with van der Waals surface area (Å²) in [5, 5.41) is 10.0. The summed E-state index contributed by atoms with van der Waals surface area (Å²) in [6.07, 6.45) is -4.26. The van der Waals surface area contributed by atoms with Crippen molar-refractivity contribution in [3.8, 4) is 16.9 Å². The second kappa shape index (κ2) is 12.9. The van der Waals surface area contributed by atoms with Gasteiger partial charge in [-0.15, -0.1) is 0 Å². The van der Waals surface area contributed by atoms with Crippen LogP contribution in [-0.4, -0.2) is 57.4 Å². The molecule has 5 N–H and O–H groups in total. The smallest absolute Gasteiger partial charge is 0.433 e. The largest absolute Gasteiger partial charge is 0.492 e. The quantitative estimate of drug-likeness (QED) is 0.182. The Labute approximate surface area is 268 Å². The van der Waals surface area contributed by atoms with Gasteiger partial charge in [0.15, 0.2) is 23.5 Å². The van der Waals surface area contributed by atoms with Gasteiger partial charge in [0.2, 0.25) is 0 Å². The Kier molecular flexibility index (Phi) is 9.22. The van der Waals surface area contributed by atoms with Crippen LogP contribution in [0.3, 0.4) is 0 Å². The highest BCUT2D eigenvalue weighted by atomic mass is 19.4. The number of ether oxygens (including phenoxy) is 1. The van der Waals surface area contributed by atoms with E-state index in [1.807, 2.05) is 11.8 Å². The Balaban J connectivity index is 1.39. The lowest BCUT2D eigenvalue weighted by Crippen LogP contribution is -2.43. The summed E-state index contributed by atoms with van der Waals surface area (Å²) in [4.78, 5) is 43.0. The molecule has 0 radical (unpaired) electrons. The van der Waals surface area contributed by atoms with Crippen LogP contribution in [-0.2, 0) is 15.8 Å². The van der Waals surface area contributed by atoms with E-state index < -0.39 is 41.5 Å². The molecule has 0 spiro atoms. The van der Waals surface area contributed by atoms with E-state index in [1.54, 1.807) is 19.9 Å². The van der Waals surface area contributed by atoms with Crippen LogP contribution in [0.4, 0.5) is 23.2 Å². The number of anilines is 1. The molecule has 5 rings (SSSR count). The highest BCUT2D eigenvalue weighted by molar-refractivity contribution is 6.05. The van der Waals surface area contributed by atoms with Gasteiger partial charge < -0.3 is 26.2 Å². The number of alkyl halides is 3. The number of hydrogen-bond donors (Lipinski definition) is 3. The Hall–Kier alpha value is -4.66. The number of nitrogens with zero attached hydrogens (tertiary/aromatic N) is 5. The van der Waals surface area contributed by atoms with Crippen molar-refractivity contribution in [1.82, 2.24) is 15.0 Å². The van der Waals surface area contributed by atoms with Crippen molar-refractivity contribution >= 4 is 23.3 Å². The van der Waals surface area contributed by atoms with Gasteiger partial charge in [0.25, 0.3) is 11.8 Å². The Morgan fingerprint density at radius 2 is 1.74 bits per heavy atom. The zero-order chi connectivity index (χ0) is 34.4. The number of methoxy groups -OCH3 is 1. The maximum absolute atomic E-state index is 15.5. The van der Waals surface area contributed by atoms with Crippen LogP contribution < -0.4 is 21.1 Å². The van der Waals surface area contributed by atoms with E-state index >= 15 is 4.39 Å². The summed E-state index contributed by atoms with van der Waals surface area (Å²) >= 11 is 0. The minimum absolute atomic E-state index is 0.00652. The van der Waals surface area contributed by atoms with E-state index in [0.29, 0.717) is 60.4 Å². The topological polar surface area (TPSA) is 170 Å². The van der Waals surface area contributed by atoms with E-state index in [0.717, 1.165) is 6.07 Å². The van der Waals surface area contributed by atoms with E-state index in [2.05, 4.69) is 19.9 Å². The average Bonchev–Trinajstić information content (AvgIpc) is 3.85. The number of aliphatic imine (C=N–C) groups is 1. The number of halogens is 4. The molecule has 11 nitrogen and oxygen atoms in total. The van der Waals surface area contributed by atoms with Crippen LogP contribution >= 0.6 is 0 Å². The van der Waals surface area contributed by atoms with Gasteiger partial charge >= 0.3 is 6.18 Å². The van der Waals surface area contributed by atoms with Crippen molar-refractivity contribution < 1.29 is 37.0 Å². The lowest BCUT2D eigenvalue weighted by atomic mass is 9.90. The maximum Gasteiger partial charge on any atom is 0.433 e. The first-order chi connectivity index (χ1) is 22.1. The number of rotatable bonds is 8. The lowest BCUT2D eigenvalue weighted by molar-refractivity contribution is -0.141. The van der Waals surface area contributed by atoms with E-state index in [-0.39, 0.29) is 40.6 Å². The number of aliphatic hydroxyl groups is 1. The van der Waals surface area contributed by atoms with Crippen LogP contribution in [0.15, 0.2) is 29.3 Å². The zero-order valence-corrected chi connectivity index (χ0v) is 26.2. The molecule has 3 heterocycles. The fraction of sp³-hybridized carbons (Fsp3) is 0.438. The molecule has 2 aromatic heterocycles. The number of carbonyl (C=O) groups is 2. The first-order valence-corrected chi connectivity index (χ1v) is 15.0. The molecule has 47 heavy (non-hydrogen) atoms. The number of aliphatic hydroxyl groups excluding tert-OH is 1. The number of aryl methyl sites for hydroxylation is 2. The average molecular weight is 658 g/mol. The molecule has 1 aliphatic carbocycles. The molecule has 15 heteroatoms. The van der Waals surface area contributed by atoms with Crippen molar-refractivity contribution in [2.75, 3.05) is 18.6 Å². The van der Waals surface area contributed by atoms with Gasteiger partial charge in [-0.1, -0.05) is 0 Å². The number of carbonyl (C=O) groups excluding carboxylic acids is 2. The zero-order valence-electron chi connectivity index (χ0n) is 26.2. The summed E-state index contributed by atoms with van der Waals surface area (Å²) in [6.45, 7) is 5.49. The summed E-state index contributed by atoms with van der Waals surface area (Å²) in [6, 6.07) is 4.80. The highest BCUT2D eigenvalue weighted by Crippen LogP contribution is 2.43. The second-order valence-electron chi connectivity index (χ2n) is 11.9. The molecule has 1 saturated carbocycles. The molecule has 2 fully saturated rings. The summed E-state index contributed by atoms with van der Waals surface area (Å²) in [5.41, 5.74) is 12.9. The number of pyridine rings is 1. The van der Waals surface area contributed by atoms with Gasteiger partial charge in [0, 0.05) is 46.9 Å². The number of hydrogen-bond acceptors (Lipinski definition) is 8. The molecule has 2 aliphatic rings. The van der Waals surface area contributed by atoms with Gasteiger partial charge in [0.1, 0.15) is 11.5 Å². The van der Waals surface area contributed by atoms with Crippen LogP contribution in [0.1, 0.15) is 78.8 Å². The molecule has 0 bridgehead atoms. The molecule has 1 aliphatic heterocycles. The normalized spacial score (nSPS) is 19.4. The minimum atomic E-state index is -4.61. The third-order valence-corrected chi connectivity index (χ3v) is 8.54. The fourth-order valence-corrected chi connectivity index (χ4v) is 6.09. The standard InChI is InChI=1S/C32H35F4N7O4/c1-14-11-18(31(46)42-28(37)20-7-8-23(32(34,35)36)41-25(20)17-5-6-17)9-10-43(14)22-13-19(12-21(33)27(22)47-4)24-15(2)39-30(40-16(24)3)26(44)29(38)45/h7-8,12-14,17-18,26,44H,5-6,9-11H2,1-4H3,(H2,38,45)(H2,37,42,46)/t14?,18-,26?/m0/s1. The number of piperidine rings is 1. The van der Waals surface area contributed by atoms with Crippen LogP contribution in [0.25, 0.3) is 11.1 Å². The van der Waals surface area contributed by atoms with Crippen LogP contribution in [0.5, 0.6) is 5.75 Å². The Bertz CT molecular complexity index is 1740. The first-order valence-electron chi connectivity index (χ1n) is 15.0. The van der Waals surface area contributed by atoms with Gasteiger partial charge in [-0.2, -0.15) is 18.2 Å². The van der Waals surface area contributed by atoms with E-state index in [1.165, 1.54) is 19.2 Å². The van der Waals surface area contributed by atoms with Gasteiger partial charge in [-0.05, 0) is 76.3 Å². The molecule has 1 aromatic carbocycles. The van der Waals surface area contributed by atoms with Gasteiger partial charge in [-0.3, -0.25) is 9.59 Å². The number of aromatic nitrogens is 3. The van der Waals surface area contributed by atoms with Crippen molar-refractivity contribution in [2.24, 2.45) is 22.4 Å². The minimum Gasteiger partial charge on any atom is -0.492 e. The van der Waals surface area contributed by atoms with Crippen molar-refractivity contribution in [3.05, 3.63) is 64.2 Å². The molecule has 250 valence electrons. The predicted octanol–water partition coefficient (Wildman–Crippen LogP) is 4.26. The van der Waals surface area contributed by atoms with Crippen LogP contribution in [0, 0.1) is 25.6 Å². The molecule has 2 amide bonds. The number of amides is 2. The molecule has 2 unspecified atom stereocenters. The third-order valence-electron chi connectivity index (χ3n) is 8.54. The Morgan fingerprint density at radius 1 is 1.09 bits per heavy atom. The molecule has 3 aromatic rings. The molecule has 1 saturated heterocycles. The summed E-state index contributed by atoms with van der Waals surface area (Å²) < 4.78 is 60.7.